The zero-order valence-electron chi connectivity index (χ0n) is 19.3. The van der Waals surface area contributed by atoms with Crippen LogP contribution in [-0.4, -0.2) is 38.2 Å². The molecule has 5 rings (SSSR count). The Labute approximate surface area is 213 Å². The summed E-state index contributed by atoms with van der Waals surface area (Å²) < 4.78 is 23.0. The molecule has 2 heterocycles. The van der Waals surface area contributed by atoms with Crippen molar-refractivity contribution >= 4 is 35.1 Å². The monoisotopic (exact) mass is 511 g/mol. The number of rotatable bonds is 6. The molecule has 0 aromatic heterocycles. The zero-order valence-corrected chi connectivity index (χ0v) is 20.8. The fraction of sp³-hybridized carbons (Fsp3) is 0.222. The molecule has 2 aliphatic rings. The van der Waals surface area contributed by atoms with Gasteiger partial charge in [0, 0.05) is 28.7 Å². The van der Waals surface area contributed by atoms with Gasteiger partial charge in [-0.25, -0.2) is 0 Å². The molecule has 0 aliphatic carbocycles. The SMILES string of the molecule is COc1cccc(/C=C2\Oc3c(ccc4c3CN(CCc3ccc(Cl)cc3Cl)CO4)C2=O)c1OC. The summed E-state index contributed by atoms with van der Waals surface area (Å²) in [5.41, 5.74) is 3.08. The van der Waals surface area contributed by atoms with Crippen molar-refractivity contribution < 1.29 is 23.7 Å². The first-order valence-electron chi connectivity index (χ1n) is 11.1. The minimum absolute atomic E-state index is 0.183. The molecule has 0 N–H and O–H groups in total. The number of benzene rings is 3. The normalized spacial score (nSPS) is 15.9. The highest BCUT2D eigenvalue weighted by Crippen LogP contribution is 2.43. The Morgan fingerprint density at radius 3 is 2.71 bits per heavy atom. The zero-order chi connectivity index (χ0) is 24.5. The van der Waals surface area contributed by atoms with Gasteiger partial charge >= 0.3 is 0 Å². The molecule has 8 heteroatoms. The van der Waals surface area contributed by atoms with Gasteiger partial charge in [-0.05, 0) is 48.4 Å². The number of ketones is 1. The van der Waals surface area contributed by atoms with Crippen molar-refractivity contribution in [2.24, 2.45) is 0 Å². The molecular formula is C27H23Cl2NO5. The first kappa shape index (κ1) is 23.5. The van der Waals surface area contributed by atoms with Gasteiger partial charge in [0.2, 0.25) is 5.78 Å². The standard InChI is InChI=1S/C27H23Cl2NO5/c1-32-23-5-3-4-17(26(23)33-2)12-24-25(31)19-8-9-22-20(27(19)35-24)14-30(15-34-22)11-10-16-6-7-18(28)13-21(16)29/h3-9,12-13H,10-11,14-15H2,1-2H3/b24-12-. The van der Waals surface area contributed by atoms with Crippen LogP contribution in [0.5, 0.6) is 23.0 Å². The Bertz CT molecular complexity index is 1340. The van der Waals surface area contributed by atoms with Gasteiger partial charge in [-0.15, -0.1) is 0 Å². The summed E-state index contributed by atoms with van der Waals surface area (Å²) in [5.74, 6) is 2.41. The van der Waals surface area contributed by atoms with Crippen LogP contribution in [-0.2, 0) is 13.0 Å². The van der Waals surface area contributed by atoms with Crippen LogP contribution in [0, 0.1) is 0 Å². The summed E-state index contributed by atoms with van der Waals surface area (Å²) in [6.07, 6.45) is 2.42. The third-order valence-corrected chi connectivity index (χ3v) is 6.70. The predicted octanol–water partition coefficient (Wildman–Crippen LogP) is 6.02. The molecule has 0 unspecified atom stereocenters. The van der Waals surface area contributed by atoms with Crippen molar-refractivity contribution in [3.8, 4) is 23.0 Å². The molecule has 3 aromatic rings. The lowest BCUT2D eigenvalue weighted by atomic mass is 10.0. The lowest BCUT2D eigenvalue weighted by Crippen LogP contribution is -2.33. The molecule has 0 saturated heterocycles. The molecular weight excluding hydrogens is 489 g/mol. The summed E-state index contributed by atoms with van der Waals surface area (Å²) >= 11 is 12.3. The molecule has 0 fully saturated rings. The summed E-state index contributed by atoms with van der Waals surface area (Å²) in [4.78, 5) is 15.3. The molecule has 6 nitrogen and oxygen atoms in total. The minimum Gasteiger partial charge on any atom is -0.493 e. The van der Waals surface area contributed by atoms with Crippen LogP contribution in [0.2, 0.25) is 10.0 Å². The summed E-state index contributed by atoms with van der Waals surface area (Å²) in [6, 6.07) is 14.6. The van der Waals surface area contributed by atoms with E-state index in [9.17, 15) is 4.79 Å². The van der Waals surface area contributed by atoms with E-state index in [1.807, 2.05) is 30.3 Å². The van der Waals surface area contributed by atoms with Crippen LogP contribution in [0.4, 0.5) is 0 Å². The largest absolute Gasteiger partial charge is 0.493 e. The van der Waals surface area contributed by atoms with Gasteiger partial charge in [-0.1, -0.05) is 41.4 Å². The Hall–Kier alpha value is -3.19. The molecule has 35 heavy (non-hydrogen) atoms. The number of para-hydroxylation sites is 1. The number of fused-ring (bicyclic) bond motifs is 3. The van der Waals surface area contributed by atoms with Crippen LogP contribution < -0.4 is 18.9 Å². The van der Waals surface area contributed by atoms with Crippen molar-refractivity contribution in [2.45, 2.75) is 13.0 Å². The Kier molecular flexibility index (Phi) is 6.60. The van der Waals surface area contributed by atoms with Crippen LogP contribution in [0.25, 0.3) is 6.08 Å². The molecule has 0 bridgehead atoms. The van der Waals surface area contributed by atoms with E-state index in [0.717, 1.165) is 29.8 Å². The number of allylic oxidation sites excluding steroid dienone is 1. The molecule has 0 amide bonds. The Morgan fingerprint density at radius 2 is 1.94 bits per heavy atom. The van der Waals surface area contributed by atoms with Crippen molar-refractivity contribution in [1.29, 1.82) is 0 Å². The van der Waals surface area contributed by atoms with E-state index in [-0.39, 0.29) is 11.5 Å². The fourth-order valence-corrected chi connectivity index (χ4v) is 4.82. The van der Waals surface area contributed by atoms with Crippen molar-refractivity contribution in [3.05, 3.63) is 86.6 Å². The topological polar surface area (TPSA) is 57.2 Å². The highest BCUT2D eigenvalue weighted by molar-refractivity contribution is 6.35. The lowest BCUT2D eigenvalue weighted by molar-refractivity contribution is 0.0950. The molecule has 0 radical (unpaired) electrons. The molecule has 2 aliphatic heterocycles. The number of halogens is 2. The van der Waals surface area contributed by atoms with Gasteiger partial charge in [0.1, 0.15) is 18.2 Å². The van der Waals surface area contributed by atoms with Crippen LogP contribution in [0.1, 0.15) is 27.0 Å². The minimum atomic E-state index is -0.183. The van der Waals surface area contributed by atoms with E-state index in [4.69, 9.17) is 42.1 Å². The second kappa shape index (κ2) is 9.82. The quantitative estimate of drug-likeness (QED) is 0.377. The van der Waals surface area contributed by atoms with Crippen molar-refractivity contribution in [2.75, 3.05) is 27.5 Å². The highest BCUT2D eigenvalue weighted by atomic mass is 35.5. The Balaban J connectivity index is 1.38. The van der Waals surface area contributed by atoms with Gasteiger partial charge in [0.25, 0.3) is 0 Å². The van der Waals surface area contributed by atoms with E-state index in [2.05, 4.69) is 4.90 Å². The number of methoxy groups -OCH3 is 2. The average molecular weight is 512 g/mol. The Morgan fingerprint density at radius 1 is 1.09 bits per heavy atom. The maximum Gasteiger partial charge on any atom is 0.231 e. The van der Waals surface area contributed by atoms with Gasteiger partial charge in [0.15, 0.2) is 17.3 Å². The predicted molar refractivity (Wildman–Crippen MR) is 135 cm³/mol. The van der Waals surface area contributed by atoms with E-state index in [0.29, 0.717) is 51.7 Å². The summed E-state index contributed by atoms with van der Waals surface area (Å²) in [5, 5.41) is 1.26. The maximum atomic E-state index is 13.2. The summed E-state index contributed by atoms with van der Waals surface area (Å²) in [7, 11) is 3.13. The number of carbonyl (C=O) groups is 1. The number of ether oxygens (including phenoxy) is 4. The van der Waals surface area contributed by atoms with Crippen LogP contribution >= 0.6 is 23.2 Å². The lowest BCUT2D eigenvalue weighted by Gasteiger charge is -2.29. The van der Waals surface area contributed by atoms with E-state index >= 15 is 0 Å². The average Bonchev–Trinajstić information content (AvgIpc) is 3.18. The van der Waals surface area contributed by atoms with Gasteiger partial charge < -0.3 is 18.9 Å². The third-order valence-electron chi connectivity index (χ3n) is 6.11. The fourth-order valence-electron chi connectivity index (χ4n) is 4.32. The van der Waals surface area contributed by atoms with Crippen molar-refractivity contribution in [3.63, 3.8) is 0 Å². The smallest absolute Gasteiger partial charge is 0.231 e. The highest BCUT2D eigenvalue weighted by Gasteiger charge is 2.34. The number of Topliss-reactive ketones (excluding diaryl/α,β-unsaturated/α-hetero) is 1. The van der Waals surface area contributed by atoms with E-state index < -0.39 is 0 Å². The number of hydrogen-bond donors (Lipinski definition) is 0. The van der Waals surface area contributed by atoms with Gasteiger partial charge in [-0.2, -0.15) is 0 Å². The molecule has 0 spiro atoms. The maximum absolute atomic E-state index is 13.2. The van der Waals surface area contributed by atoms with Crippen LogP contribution in [0.3, 0.4) is 0 Å². The van der Waals surface area contributed by atoms with Crippen LogP contribution in [0.15, 0.2) is 54.3 Å². The second-order valence-corrected chi connectivity index (χ2v) is 9.10. The molecule has 0 atom stereocenters. The number of carbonyl (C=O) groups excluding carboxylic acids is 1. The molecule has 0 saturated carbocycles. The third kappa shape index (κ3) is 4.57. The number of hydrogen-bond acceptors (Lipinski definition) is 6. The van der Waals surface area contributed by atoms with Crippen molar-refractivity contribution in [1.82, 2.24) is 4.90 Å². The second-order valence-electron chi connectivity index (χ2n) is 8.25. The van der Waals surface area contributed by atoms with Gasteiger partial charge in [0.05, 0.1) is 25.3 Å². The molecule has 3 aromatic carbocycles. The van der Waals surface area contributed by atoms with Gasteiger partial charge in [-0.3, -0.25) is 9.69 Å². The first-order valence-corrected chi connectivity index (χ1v) is 11.8. The summed E-state index contributed by atoms with van der Waals surface area (Å²) in [6.45, 7) is 1.75. The van der Waals surface area contributed by atoms with E-state index in [1.54, 1.807) is 38.5 Å². The number of nitrogens with zero attached hydrogens (tertiary/aromatic N) is 1. The molecule has 180 valence electrons. The first-order chi connectivity index (χ1) is 17.0. The van der Waals surface area contributed by atoms with E-state index in [1.165, 1.54) is 0 Å².